The third-order valence-electron chi connectivity index (χ3n) is 3.41. The van der Waals surface area contributed by atoms with Gasteiger partial charge in [-0.3, -0.25) is 0 Å². The maximum absolute atomic E-state index is 3.63. The summed E-state index contributed by atoms with van der Waals surface area (Å²) in [6.45, 7) is 21.0. The predicted octanol–water partition coefficient (Wildman–Crippen LogP) is 4.72. The van der Waals surface area contributed by atoms with Crippen LogP contribution < -0.4 is 5.32 Å². The molecule has 0 radical (unpaired) electrons. The Hall–Kier alpha value is -0.0400. The zero-order chi connectivity index (χ0) is 13.7. The lowest BCUT2D eigenvalue weighted by Crippen LogP contribution is -2.34. The fourth-order valence-corrected chi connectivity index (χ4v) is 1.99. The molecule has 1 unspecified atom stereocenters. The van der Waals surface area contributed by atoms with Crippen molar-refractivity contribution in [3.63, 3.8) is 0 Å². The monoisotopic (exact) mass is 241 g/mol. The Labute approximate surface area is 110 Å². The van der Waals surface area contributed by atoms with Gasteiger partial charge < -0.3 is 5.32 Å². The van der Waals surface area contributed by atoms with Gasteiger partial charge in [0.1, 0.15) is 0 Å². The standard InChI is InChI=1S/C16H35N/c1-13(2)11-17-12-14(16(6,7)8)9-10-15(3,4)5/h13-14,17H,9-12H2,1-8H3. The molecule has 0 saturated carbocycles. The fraction of sp³-hybridized carbons (Fsp3) is 1.00. The zero-order valence-corrected chi connectivity index (χ0v) is 13.5. The van der Waals surface area contributed by atoms with Crippen LogP contribution in [-0.4, -0.2) is 13.1 Å². The summed E-state index contributed by atoms with van der Waals surface area (Å²) >= 11 is 0. The van der Waals surface area contributed by atoms with E-state index >= 15 is 0 Å². The molecule has 0 bridgehead atoms. The van der Waals surface area contributed by atoms with Crippen LogP contribution in [0.4, 0.5) is 0 Å². The van der Waals surface area contributed by atoms with Crippen molar-refractivity contribution in [1.82, 2.24) is 5.32 Å². The molecule has 104 valence electrons. The van der Waals surface area contributed by atoms with Gasteiger partial charge in [-0.1, -0.05) is 55.4 Å². The van der Waals surface area contributed by atoms with Crippen molar-refractivity contribution < 1.29 is 0 Å². The van der Waals surface area contributed by atoms with Gasteiger partial charge in [-0.05, 0) is 48.6 Å². The van der Waals surface area contributed by atoms with Crippen molar-refractivity contribution in [2.45, 2.75) is 68.2 Å². The average molecular weight is 241 g/mol. The molecule has 0 heterocycles. The molecule has 0 amide bonds. The van der Waals surface area contributed by atoms with E-state index in [1.807, 2.05) is 0 Å². The van der Waals surface area contributed by atoms with Crippen LogP contribution in [0, 0.1) is 22.7 Å². The van der Waals surface area contributed by atoms with Crippen LogP contribution in [0.1, 0.15) is 68.2 Å². The van der Waals surface area contributed by atoms with E-state index in [0.717, 1.165) is 24.9 Å². The summed E-state index contributed by atoms with van der Waals surface area (Å²) in [5.74, 6) is 1.53. The number of nitrogens with one attached hydrogen (secondary N) is 1. The molecule has 0 spiro atoms. The highest BCUT2D eigenvalue weighted by Gasteiger charge is 2.25. The second-order valence-corrected chi connectivity index (χ2v) is 8.21. The van der Waals surface area contributed by atoms with E-state index in [0.29, 0.717) is 10.8 Å². The highest BCUT2D eigenvalue weighted by molar-refractivity contribution is 4.78. The van der Waals surface area contributed by atoms with Gasteiger partial charge in [0.15, 0.2) is 0 Å². The molecule has 0 aromatic heterocycles. The highest BCUT2D eigenvalue weighted by Crippen LogP contribution is 2.33. The molecular formula is C16H35N. The SMILES string of the molecule is CC(C)CNCC(CCC(C)(C)C)C(C)(C)C. The lowest BCUT2D eigenvalue weighted by Gasteiger charge is -2.33. The lowest BCUT2D eigenvalue weighted by atomic mass is 9.75. The third-order valence-corrected chi connectivity index (χ3v) is 3.41. The molecular weight excluding hydrogens is 206 g/mol. The molecule has 1 nitrogen and oxygen atoms in total. The fourth-order valence-electron chi connectivity index (χ4n) is 1.99. The van der Waals surface area contributed by atoms with Crippen LogP contribution in [-0.2, 0) is 0 Å². The zero-order valence-electron chi connectivity index (χ0n) is 13.5. The summed E-state index contributed by atoms with van der Waals surface area (Å²) in [4.78, 5) is 0. The average Bonchev–Trinajstić information content (AvgIpc) is 2.06. The Morgan fingerprint density at radius 3 is 1.76 bits per heavy atom. The molecule has 1 N–H and O–H groups in total. The van der Waals surface area contributed by atoms with Gasteiger partial charge >= 0.3 is 0 Å². The predicted molar refractivity (Wildman–Crippen MR) is 79.3 cm³/mol. The minimum atomic E-state index is 0.412. The maximum atomic E-state index is 3.63. The second kappa shape index (κ2) is 6.78. The van der Waals surface area contributed by atoms with Crippen molar-refractivity contribution in [2.24, 2.45) is 22.7 Å². The third kappa shape index (κ3) is 9.64. The Morgan fingerprint density at radius 2 is 1.41 bits per heavy atom. The Bertz CT molecular complexity index is 193. The van der Waals surface area contributed by atoms with Crippen LogP contribution in [0.3, 0.4) is 0 Å². The molecule has 0 aliphatic heterocycles. The molecule has 0 fully saturated rings. The normalized spacial score (nSPS) is 15.4. The summed E-state index contributed by atoms with van der Waals surface area (Å²) < 4.78 is 0. The molecule has 0 aromatic rings. The van der Waals surface area contributed by atoms with Crippen LogP contribution in [0.25, 0.3) is 0 Å². The minimum absolute atomic E-state index is 0.412. The Morgan fingerprint density at radius 1 is 0.882 bits per heavy atom. The van der Waals surface area contributed by atoms with Crippen molar-refractivity contribution in [3.8, 4) is 0 Å². The van der Waals surface area contributed by atoms with Gasteiger partial charge in [-0.15, -0.1) is 0 Å². The molecule has 0 rings (SSSR count). The molecule has 0 aliphatic rings. The smallest absolute Gasteiger partial charge is 0.00154 e. The van der Waals surface area contributed by atoms with Gasteiger partial charge in [0, 0.05) is 0 Å². The van der Waals surface area contributed by atoms with E-state index < -0.39 is 0 Å². The first-order chi connectivity index (χ1) is 7.52. The minimum Gasteiger partial charge on any atom is -0.316 e. The topological polar surface area (TPSA) is 12.0 Å². The number of rotatable bonds is 6. The first-order valence-corrected chi connectivity index (χ1v) is 7.23. The van der Waals surface area contributed by atoms with Crippen LogP contribution in [0.2, 0.25) is 0 Å². The van der Waals surface area contributed by atoms with Gasteiger partial charge in [0.2, 0.25) is 0 Å². The molecule has 0 saturated heterocycles. The number of hydrogen-bond acceptors (Lipinski definition) is 1. The summed E-state index contributed by atoms with van der Waals surface area (Å²) in [6.07, 6.45) is 2.65. The highest BCUT2D eigenvalue weighted by atomic mass is 14.9. The van der Waals surface area contributed by atoms with Gasteiger partial charge in [-0.25, -0.2) is 0 Å². The summed E-state index contributed by atoms with van der Waals surface area (Å²) in [5, 5.41) is 3.63. The number of hydrogen-bond donors (Lipinski definition) is 1. The van der Waals surface area contributed by atoms with E-state index in [-0.39, 0.29) is 0 Å². The first-order valence-electron chi connectivity index (χ1n) is 7.23. The molecule has 0 aromatic carbocycles. The quantitative estimate of drug-likeness (QED) is 0.709. The Balaban J connectivity index is 4.17. The lowest BCUT2D eigenvalue weighted by molar-refractivity contribution is 0.190. The van der Waals surface area contributed by atoms with Gasteiger partial charge in [-0.2, -0.15) is 0 Å². The molecule has 0 aliphatic carbocycles. The van der Waals surface area contributed by atoms with Gasteiger partial charge in [0.25, 0.3) is 0 Å². The van der Waals surface area contributed by atoms with E-state index in [1.165, 1.54) is 12.8 Å². The van der Waals surface area contributed by atoms with Crippen molar-refractivity contribution in [2.75, 3.05) is 13.1 Å². The molecule has 1 heteroatoms. The van der Waals surface area contributed by atoms with Crippen molar-refractivity contribution in [3.05, 3.63) is 0 Å². The summed E-state index contributed by atoms with van der Waals surface area (Å²) in [5.41, 5.74) is 0.872. The Kier molecular flexibility index (Phi) is 6.76. The van der Waals surface area contributed by atoms with E-state index in [4.69, 9.17) is 0 Å². The van der Waals surface area contributed by atoms with Crippen LogP contribution in [0.5, 0.6) is 0 Å². The van der Waals surface area contributed by atoms with E-state index in [1.54, 1.807) is 0 Å². The first kappa shape index (κ1) is 17.0. The molecule has 1 atom stereocenters. The summed E-state index contributed by atoms with van der Waals surface area (Å²) in [6, 6.07) is 0. The van der Waals surface area contributed by atoms with E-state index in [9.17, 15) is 0 Å². The van der Waals surface area contributed by atoms with Crippen LogP contribution >= 0.6 is 0 Å². The van der Waals surface area contributed by atoms with Gasteiger partial charge in [0.05, 0.1) is 0 Å². The molecule has 17 heavy (non-hydrogen) atoms. The van der Waals surface area contributed by atoms with Crippen molar-refractivity contribution >= 4 is 0 Å². The summed E-state index contributed by atoms with van der Waals surface area (Å²) in [7, 11) is 0. The second-order valence-electron chi connectivity index (χ2n) is 8.21. The maximum Gasteiger partial charge on any atom is -0.00154 e. The van der Waals surface area contributed by atoms with E-state index in [2.05, 4.69) is 60.7 Å². The van der Waals surface area contributed by atoms with Crippen molar-refractivity contribution in [1.29, 1.82) is 0 Å². The largest absolute Gasteiger partial charge is 0.316 e. The van der Waals surface area contributed by atoms with Crippen LogP contribution in [0.15, 0.2) is 0 Å².